The molecule has 0 atom stereocenters. The molecule has 1 aromatic rings. The fourth-order valence-corrected chi connectivity index (χ4v) is 4.26. The molecule has 10 heteroatoms. The Bertz CT molecular complexity index is 776. The third-order valence-electron chi connectivity index (χ3n) is 4.58. The molecule has 152 valence electrons. The van der Waals surface area contributed by atoms with Gasteiger partial charge >= 0.3 is 6.18 Å². The highest BCUT2D eigenvalue weighted by Crippen LogP contribution is 2.35. The molecule has 2 N–H and O–H groups in total. The number of hydrogen-bond acceptors (Lipinski definition) is 3. The fraction of sp³-hybridized carbons (Fsp3) is 0.588. The summed E-state index contributed by atoms with van der Waals surface area (Å²) in [5.41, 5.74) is -1.23. The maximum absolute atomic E-state index is 12.9. The number of carbonyl (C=O) groups is 1. The highest BCUT2D eigenvalue weighted by molar-refractivity contribution is 7.89. The third kappa shape index (κ3) is 6.36. The van der Waals surface area contributed by atoms with Crippen LogP contribution in [0.3, 0.4) is 0 Å². The average Bonchev–Trinajstić information content (AvgIpc) is 2.56. The standard InChI is InChI=1S/C17H22ClF3N2O3S/c1-11-2-4-12(5-3-11)23-16(24)8-9-22-27(25,26)13-6-7-15(18)14(10-13)17(19,20)21/h6-7,10-12,22H,2-5,8-9H2,1H3,(H,23,24). The van der Waals surface area contributed by atoms with E-state index in [9.17, 15) is 26.4 Å². The Labute approximate surface area is 161 Å². The summed E-state index contributed by atoms with van der Waals surface area (Å²) >= 11 is 5.49. The zero-order chi connectivity index (χ0) is 20.2. The minimum absolute atomic E-state index is 0.0923. The summed E-state index contributed by atoms with van der Waals surface area (Å²) in [5, 5.41) is 2.28. The summed E-state index contributed by atoms with van der Waals surface area (Å²) in [6.07, 6.45) is -0.996. The Hall–Kier alpha value is -1.32. The van der Waals surface area contributed by atoms with Crippen LogP contribution in [0.25, 0.3) is 0 Å². The topological polar surface area (TPSA) is 75.3 Å². The van der Waals surface area contributed by atoms with Crippen molar-refractivity contribution < 1.29 is 26.4 Å². The second kappa shape index (κ2) is 8.79. The minimum atomic E-state index is -4.76. The third-order valence-corrected chi connectivity index (χ3v) is 6.37. The first-order valence-corrected chi connectivity index (χ1v) is 10.5. The van der Waals surface area contributed by atoms with Crippen LogP contribution in [0.2, 0.25) is 5.02 Å². The Morgan fingerprint density at radius 3 is 2.44 bits per heavy atom. The molecule has 0 saturated heterocycles. The Morgan fingerprint density at radius 1 is 1.22 bits per heavy atom. The van der Waals surface area contributed by atoms with Crippen LogP contribution in [0.4, 0.5) is 13.2 Å². The monoisotopic (exact) mass is 426 g/mol. The molecular formula is C17H22ClF3N2O3S. The molecule has 1 amide bonds. The molecule has 0 spiro atoms. The molecule has 27 heavy (non-hydrogen) atoms. The number of carbonyl (C=O) groups excluding carboxylic acids is 1. The fourth-order valence-electron chi connectivity index (χ4n) is 2.98. The van der Waals surface area contributed by atoms with Gasteiger partial charge in [-0.2, -0.15) is 13.2 Å². The number of rotatable bonds is 6. The van der Waals surface area contributed by atoms with E-state index in [-0.39, 0.29) is 24.9 Å². The van der Waals surface area contributed by atoms with E-state index >= 15 is 0 Å². The van der Waals surface area contributed by atoms with Crippen LogP contribution < -0.4 is 10.0 Å². The summed E-state index contributed by atoms with van der Waals surface area (Å²) in [4.78, 5) is 11.4. The van der Waals surface area contributed by atoms with Gasteiger partial charge in [-0.25, -0.2) is 13.1 Å². The minimum Gasteiger partial charge on any atom is -0.353 e. The SMILES string of the molecule is CC1CCC(NC(=O)CCNS(=O)(=O)c2ccc(Cl)c(C(F)(F)F)c2)CC1. The second-order valence-electron chi connectivity index (χ2n) is 6.81. The van der Waals surface area contributed by atoms with Crippen molar-refractivity contribution in [3.8, 4) is 0 Å². The van der Waals surface area contributed by atoms with Crippen LogP contribution in [0.5, 0.6) is 0 Å². The lowest BCUT2D eigenvalue weighted by Gasteiger charge is -2.26. The summed E-state index contributed by atoms with van der Waals surface area (Å²) in [5.74, 6) is 0.357. The van der Waals surface area contributed by atoms with Crippen LogP contribution in [0, 0.1) is 5.92 Å². The molecule has 0 aliphatic heterocycles. The molecule has 0 heterocycles. The summed E-state index contributed by atoms with van der Waals surface area (Å²) < 4.78 is 65.1. The van der Waals surface area contributed by atoms with E-state index in [4.69, 9.17) is 11.6 Å². The van der Waals surface area contributed by atoms with Crippen LogP contribution in [-0.4, -0.2) is 26.9 Å². The average molecular weight is 427 g/mol. The molecule has 0 unspecified atom stereocenters. The van der Waals surface area contributed by atoms with E-state index in [1.807, 2.05) is 0 Å². The number of amides is 1. The molecule has 1 aliphatic carbocycles. The van der Waals surface area contributed by atoms with Gasteiger partial charge in [-0.15, -0.1) is 0 Å². The van der Waals surface area contributed by atoms with Gasteiger partial charge in [0.2, 0.25) is 15.9 Å². The van der Waals surface area contributed by atoms with Crippen molar-refractivity contribution in [1.82, 2.24) is 10.0 Å². The van der Waals surface area contributed by atoms with Crippen molar-refractivity contribution in [1.29, 1.82) is 0 Å². The lowest BCUT2D eigenvalue weighted by molar-refractivity contribution is -0.137. The van der Waals surface area contributed by atoms with Crippen molar-refractivity contribution >= 4 is 27.5 Å². The van der Waals surface area contributed by atoms with Crippen LogP contribution in [0.1, 0.15) is 44.6 Å². The van der Waals surface area contributed by atoms with Crippen molar-refractivity contribution in [2.45, 2.75) is 56.1 Å². The molecule has 0 radical (unpaired) electrons. The largest absolute Gasteiger partial charge is 0.417 e. The Kier molecular flexibility index (Phi) is 7.15. The summed E-state index contributed by atoms with van der Waals surface area (Å²) in [6, 6.07) is 2.45. The van der Waals surface area contributed by atoms with Gasteiger partial charge in [0.15, 0.2) is 0 Å². The van der Waals surface area contributed by atoms with E-state index in [2.05, 4.69) is 17.0 Å². The lowest BCUT2D eigenvalue weighted by Crippen LogP contribution is -2.39. The van der Waals surface area contributed by atoms with E-state index in [1.54, 1.807) is 0 Å². The predicted molar refractivity (Wildman–Crippen MR) is 95.8 cm³/mol. The van der Waals surface area contributed by atoms with Gasteiger partial charge in [-0.05, 0) is 49.8 Å². The first-order valence-electron chi connectivity index (χ1n) is 8.65. The number of nitrogens with one attached hydrogen (secondary N) is 2. The van der Waals surface area contributed by atoms with E-state index in [0.29, 0.717) is 12.0 Å². The Morgan fingerprint density at radius 2 is 1.85 bits per heavy atom. The summed E-state index contributed by atoms with van der Waals surface area (Å²) in [6.45, 7) is 1.95. The van der Waals surface area contributed by atoms with Gasteiger partial charge in [0.25, 0.3) is 0 Å². The van der Waals surface area contributed by atoms with Gasteiger partial charge in [0.05, 0.1) is 15.5 Å². The maximum atomic E-state index is 12.9. The maximum Gasteiger partial charge on any atom is 0.417 e. The molecular weight excluding hydrogens is 405 g/mol. The summed E-state index contributed by atoms with van der Waals surface area (Å²) in [7, 11) is -4.18. The zero-order valence-electron chi connectivity index (χ0n) is 14.8. The number of sulfonamides is 1. The second-order valence-corrected chi connectivity index (χ2v) is 8.99. The van der Waals surface area contributed by atoms with Crippen LogP contribution >= 0.6 is 11.6 Å². The molecule has 2 rings (SSSR count). The molecule has 1 fully saturated rings. The van der Waals surface area contributed by atoms with Crippen LogP contribution in [0.15, 0.2) is 23.1 Å². The number of benzene rings is 1. The van der Waals surface area contributed by atoms with Gasteiger partial charge in [0, 0.05) is 19.0 Å². The van der Waals surface area contributed by atoms with Crippen molar-refractivity contribution in [2.24, 2.45) is 5.92 Å². The van der Waals surface area contributed by atoms with E-state index in [1.165, 1.54) is 0 Å². The van der Waals surface area contributed by atoms with Crippen molar-refractivity contribution in [3.63, 3.8) is 0 Å². The molecule has 5 nitrogen and oxygen atoms in total. The highest BCUT2D eigenvalue weighted by Gasteiger charge is 2.34. The quantitative estimate of drug-likeness (QED) is 0.728. The molecule has 1 aromatic carbocycles. The number of alkyl halides is 3. The van der Waals surface area contributed by atoms with Gasteiger partial charge in [-0.1, -0.05) is 18.5 Å². The van der Waals surface area contributed by atoms with Gasteiger partial charge < -0.3 is 5.32 Å². The molecule has 0 aromatic heterocycles. The van der Waals surface area contributed by atoms with Crippen molar-refractivity contribution in [2.75, 3.05) is 6.54 Å². The lowest BCUT2D eigenvalue weighted by atomic mass is 9.87. The zero-order valence-corrected chi connectivity index (χ0v) is 16.3. The van der Waals surface area contributed by atoms with E-state index in [0.717, 1.165) is 37.8 Å². The smallest absolute Gasteiger partial charge is 0.353 e. The normalized spacial score (nSPS) is 21.1. The molecule has 0 bridgehead atoms. The number of hydrogen-bond donors (Lipinski definition) is 2. The molecule has 1 saturated carbocycles. The highest BCUT2D eigenvalue weighted by atomic mass is 35.5. The predicted octanol–water partition coefficient (Wildman–Crippen LogP) is 3.72. The van der Waals surface area contributed by atoms with Crippen molar-refractivity contribution in [3.05, 3.63) is 28.8 Å². The van der Waals surface area contributed by atoms with Gasteiger partial charge in [0.1, 0.15) is 0 Å². The first kappa shape index (κ1) is 22.0. The molecule has 1 aliphatic rings. The Balaban J connectivity index is 1.90. The van der Waals surface area contributed by atoms with Gasteiger partial charge in [-0.3, -0.25) is 4.79 Å². The van der Waals surface area contributed by atoms with E-state index < -0.39 is 31.7 Å². The number of halogens is 4. The first-order chi connectivity index (χ1) is 12.5. The van der Waals surface area contributed by atoms with Crippen LogP contribution in [-0.2, 0) is 21.0 Å².